The second-order valence-electron chi connectivity index (χ2n) is 2.63. The van der Waals surface area contributed by atoms with Gasteiger partial charge in [0.2, 0.25) is 0 Å². The van der Waals surface area contributed by atoms with Crippen molar-refractivity contribution < 1.29 is 19.1 Å². The summed E-state index contributed by atoms with van der Waals surface area (Å²) in [5.74, 6) is -0.631. The van der Waals surface area contributed by atoms with E-state index in [1.165, 1.54) is 0 Å². The van der Waals surface area contributed by atoms with Gasteiger partial charge < -0.3 is 9.47 Å². The lowest BCUT2D eigenvalue weighted by Gasteiger charge is -2.12. The van der Waals surface area contributed by atoms with Crippen LogP contribution in [0.3, 0.4) is 0 Å². The predicted molar refractivity (Wildman–Crippen MR) is 58.8 cm³/mol. The third-order valence-electron chi connectivity index (χ3n) is 1.38. The number of carbonyl (C=O) groups is 2. The van der Waals surface area contributed by atoms with Gasteiger partial charge in [0.15, 0.2) is 0 Å². The number of esters is 2. The SMILES string of the molecule is CC(CCOC(=O)CS)OC(=O)CS. The third-order valence-corrected chi connectivity index (χ3v) is 1.89. The summed E-state index contributed by atoms with van der Waals surface area (Å²) >= 11 is 7.50. The van der Waals surface area contributed by atoms with E-state index < -0.39 is 0 Å². The highest BCUT2D eigenvalue weighted by atomic mass is 32.1. The smallest absolute Gasteiger partial charge is 0.315 e. The molecule has 0 radical (unpaired) electrons. The molecule has 0 aromatic rings. The van der Waals surface area contributed by atoms with Crippen molar-refractivity contribution in [3.63, 3.8) is 0 Å². The Labute approximate surface area is 94.2 Å². The molecule has 1 unspecified atom stereocenters. The highest BCUT2D eigenvalue weighted by Gasteiger charge is 2.08. The van der Waals surface area contributed by atoms with E-state index in [0.717, 1.165) is 0 Å². The van der Waals surface area contributed by atoms with Crippen LogP contribution >= 0.6 is 25.3 Å². The largest absolute Gasteiger partial charge is 0.465 e. The van der Waals surface area contributed by atoms with E-state index in [0.29, 0.717) is 6.42 Å². The Balaban J connectivity index is 3.49. The minimum Gasteiger partial charge on any atom is -0.465 e. The van der Waals surface area contributed by atoms with Gasteiger partial charge in [-0.25, -0.2) is 0 Å². The maximum atomic E-state index is 10.8. The molecule has 4 nitrogen and oxygen atoms in total. The molecule has 0 heterocycles. The van der Waals surface area contributed by atoms with Crippen molar-refractivity contribution in [1.82, 2.24) is 0 Å². The molecule has 0 amide bonds. The molecule has 0 aliphatic rings. The van der Waals surface area contributed by atoms with Crippen LogP contribution in [0.1, 0.15) is 13.3 Å². The summed E-state index contributed by atoms with van der Waals surface area (Å²) in [5.41, 5.74) is 0. The highest BCUT2D eigenvalue weighted by Crippen LogP contribution is 1.99. The van der Waals surface area contributed by atoms with Crippen molar-refractivity contribution >= 4 is 37.2 Å². The summed E-state index contributed by atoms with van der Waals surface area (Å²) in [6.45, 7) is 1.97. The molecule has 1 atom stereocenters. The second-order valence-corrected chi connectivity index (χ2v) is 3.26. The summed E-state index contributed by atoms with van der Waals surface area (Å²) in [4.78, 5) is 21.4. The minimum absolute atomic E-state index is 0.0563. The Kier molecular flexibility index (Phi) is 7.78. The van der Waals surface area contributed by atoms with Crippen LogP contribution in [0.2, 0.25) is 0 Å². The van der Waals surface area contributed by atoms with Crippen LogP contribution in [-0.4, -0.2) is 36.2 Å². The summed E-state index contributed by atoms with van der Waals surface area (Å²) in [6, 6.07) is 0. The van der Waals surface area contributed by atoms with Crippen molar-refractivity contribution in [1.29, 1.82) is 0 Å². The van der Waals surface area contributed by atoms with Gasteiger partial charge in [0.1, 0.15) is 6.10 Å². The van der Waals surface area contributed by atoms with Gasteiger partial charge in [0, 0.05) is 6.42 Å². The zero-order chi connectivity index (χ0) is 11.0. The van der Waals surface area contributed by atoms with Crippen LogP contribution in [0.15, 0.2) is 0 Å². The molecule has 0 spiro atoms. The lowest BCUT2D eigenvalue weighted by atomic mass is 10.3. The van der Waals surface area contributed by atoms with Crippen molar-refractivity contribution in [2.75, 3.05) is 18.1 Å². The molecule has 0 aromatic heterocycles. The molecule has 14 heavy (non-hydrogen) atoms. The molecule has 0 N–H and O–H groups in total. The minimum atomic E-state index is -0.374. The normalized spacial score (nSPS) is 11.9. The van der Waals surface area contributed by atoms with E-state index in [-0.39, 0.29) is 36.2 Å². The Morgan fingerprint density at radius 3 is 2.29 bits per heavy atom. The summed E-state index contributed by atoms with van der Waals surface area (Å²) in [5, 5.41) is 0. The molecule has 0 aliphatic heterocycles. The quantitative estimate of drug-likeness (QED) is 0.528. The van der Waals surface area contributed by atoms with Crippen molar-refractivity contribution in [2.24, 2.45) is 0 Å². The molecule has 0 aromatic carbocycles. The van der Waals surface area contributed by atoms with Crippen LogP contribution in [0.4, 0.5) is 0 Å². The molecule has 0 aliphatic carbocycles. The summed E-state index contributed by atoms with van der Waals surface area (Å²) < 4.78 is 9.64. The van der Waals surface area contributed by atoms with E-state index in [1.807, 2.05) is 0 Å². The second kappa shape index (κ2) is 7.99. The fourth-order valence-corrected chi connectivity index (χ4v) is 0.871. The van der Waals surface area contributed by atoms with Crippen molar-refractivity contribution in [3.05, 3.63) is 0 Å². The Hall–Kier alpha value is -0.360. The maximum absolute atomic E-state index is 10.8. The van der Waals surface area contributed by atoms with Gasteiger partial charge in [-0.3, -0.25) is 9.59 Å². The Morgan fingerprint density at radius 2 is 1.79 bits per heavy atom. The lowest BCUT2D eigenvalue weighted by Crippen LogP contribution is -2.19. The first-order valence-electron chi connectivity index (χ1n) is 4.17. The van der Waals surface area contributed by atoms with E-state index in [9.17, 15) is 9.59 Å². The molecule has 0 bridgehead atoms. The van der Waals surface area contributed by atoms with Gasteiger partial charge >= 0.3 is 11.9 Å². The number of hydrogen-bond donors (Lipinski definition) is 2. The fourth-order valence-electron chi connectivity index (χ4n) is 0.705. The van der Waals surface area contributed by atoms with Crippen molar-refractivity contribution in [2.45, 2.75) is 19.4 Å². The lowest BCUT2D eigenvalue weighted by molar-refractivity contribution is -0.147. The van der Waals surface area contributed by atoms with Gasteiger partial charge in [-0.05, 0) is 6.92 Å². The molecular weight excluding hydrogens is 224 g/mol. The molecule has 0 saturated carbocycles. The van der Waals surface area contributed by atoms with Gasteiger partial charge in [0.05, 0.1) is 18.1 Å². The third kappa shape index (κ3) is 7.08. The zero-order valence-electron chi connectivity index (χ0n) is 7.93. The standard InChI is InChI=1S/C8H14O4S2/c1-6(12-8(10)5-14)2-3-11-7(9)4-13/h6,13-14H,2-5H2,1H3. The van der Waals surface area contributed by atoms with E-state index in [1.54, 1.807) is 6.92 Å². The number of rotatable bonds is 6. The average molecular weight is 238 g/mol. The first kappa shape index (κ1) is 13.6. The molecular formula is C8H14O4S2. The van der Waals surface area contributed by atoms with Gasteiger partial charge in [-0.1, -0.05) is 0 Å². The van der Waals surface area contributed by atoms with Gasteiger partial charge in [-0.15, -0.1) is 0 Å². The van der Waals surface area contributed by atoms with Crippen LogP contribution in [0.25, 0.3) is 0 Å². The fraction of sp³-hybridized carbons (Fsp3) is 0.750. The highest BCUT2D eigenvalue weighted by molar-refractivity contribution is 7.81. The van der Waals surface area contributed by atoms with Crippen LogP contribution in [0, 0.1) is 0 Å². The van der Waals surface area contributed by atoms with Crippen LogP contribution < -0.4 is 0 Å². The molecule has 0 fully saturated rings. The monoisotopic (exact) mass is 238 g/mol. The number of ether oxygens (including phenoxy) is 2. The van der Waals surface area contributed by atoms with E-state index in [2.05, 4.69) is 25.3 Å². The number of thiol groups is 2. The van der Waals surface area contributed by atoms with E-state index in [4.69, 9.17) is 9.47 Å². The predicted octanol–water partition coefficient (Wildman–Crippen LogP) is 0.711. The van der Waals surface area contributed by atoms with E-state index >= 15 is 0 Å². The molecule has 0 rings (SSSR count). The van der Waals surface area contributed by atoms with Gasteiger partial charge in [-0.2, -0.15) is 25.3 Å². The molecule has 6 heteroatoms. The van der Waals surface area contributed by atoms with Crippen LogP contribution in [0.5, 0.6) is 0 Å². The molecule has 0 saturated heterocycles. The average Bonchev–Trinajstić information content (AvgIpc) is 2.17. The Morgan fingerprint density at radius 1 is 1.21 bits per heavy atom. The van der Waals surface area contributed by atoms with Crippen LogP contribution in [-0.2, 0) is 19.1 Å². The molecule has 82 valence electrons. The first-order valence-corrected chi connectivity index (χ1v) is 5.43. The first-order chi connectivity index (χ1) is 6.60. The summed E-state index contributed by atoms with van der Waals surface area (Å²) in [6.07, 6.45) is 0.223. The van der Waals surface area contributed by atoms with Gasteiger partial charge in [0.25, 0.3) is 0 Å². The Bertz CT molecular complexity index is 196. The zero-order valence-corrected chi connectivity index (χ0v) is 9.72. The topological polar surface area (TPSA) is 52.6 Å². The number of carbonyl (C=O) groups excluding carboxylic acids is 2. The number of hydrogen-bond acceptors (Lipinski definition) is 6. The van der Waals surface area contributed by atoms with Crippen molar-refractivity contribution in [3.8, 4) is 0 Å². The summed E-state index contributed by atoms with van der Waals surface area (Å²) in [7, 11) is 0. The maximum Gasteiger partial charge on any atom is 0.315 e.